The molecule has 0 aromatic heterocycles. The molecule has 0 aliphatic rings. The number of ether oxygens (including phenoxy) is 1. The molecule has 0 unspecified atom stereocenters. The highest BCUT2D eigenvalue weighted by molar-refractivity contribution is 6.83. The van der Waals surface area contributed by atoms with Gasteiger partial charge in [-0.15, -0.1) is 0 Å². The van der Waals surface area contributed by atoms with Gasteiger partial charge in [0, 0.05) is 17.6 Å². The topological polar surface area (TPSA) is 9.23 Å². The Morgan fingerprint density at radius 1 is 1.05 bits per heavy atom. The molecule has 19 heavy (non-hydrogen) atoms. The summed E-state index contributed by atoms with van der Waals surface area (Å²) in [4.78, 5) is 0. The summed E-state index contributed by atoms with van der Waals surface area (Å²) in [5.74, 6) is 0.973. The second-order valence-corrected chi connectivity index (χ2v) is 14.9. The summed E-state index contributed by atoms with van der Waals surface area (Å²) in [6, 6.07) is 9.95. The van der Waals surface area contributed by atoms with Crippen molar-refractivity contribution in [3.8, 4) is 5.75 Å². The van der Waals surface area contributed by atoms with Crippen LogP contribution < -0.4 is 4.74 Å². The molecule has 0 fully saturated rings. The van der Waals surface area contributed by atoms with E-state index < -0.39 is 8.07 Å². The SMILES string of the molecule is CC(C)(C)Oc1ccc(CC[Si]C[Si](C)(C)C)cc1. The van der Waals surface area contributed by atoms with Crippen molar-refractivity contribution in [3.63, 3.8) is 0 Å². The monoisotopic (exact) mass is 292 g/mol. The third-order valence-corrected chi connectivity index (χ3v) is 8.44. The maximum absolute atomic E-state index is 5.83. The van der Waals surface area contributed by atoms with Crippen LogP contribution in [0.5, 0.6) is 5.75 Å². The largest absolute Gasteiger partial charge is 0.488 e. The van der Waals surface area contributed by atoms with Crippen LogP contribution in [0.15, 0.2) is 24.3 Å². The normalized spacial score (nSPS) is 12.5. The minimum Gasteiger partial charge on any atom is -0.488 e. The summed E-state index contributed by atoms with van der Waals surface area (Å²) in [5.41, 5.74) is 2.79. The lowest BCUT2D eigenvalue weighted by Gasteiger charge is -2.21. The Morgan fingerprint density at radius 2 is 1.63 bits per heavy atom. The Balaban J connectivity index is 2.36. The molecule has 0 heterocycles. The lowest BCUT2D eigenvalue weighted by Crippen LogP contribution is -2.22. The molecule has 3 heteroatoms. The molecule has 0 saturated heterocycles. The van der Waals surface area contributed by atoms with Gasteiger partial charge in [0.05, 0.1) is 0 Å². The van der Waals surface area contributed by atoms with Gasteiger partial charge in [-0.3, -0.25) is 0 Å². The van der Waals surface area contributed by atoms with Crippen LogP contribution in [0.25, 0.3) is 0 Å². The Hall–Kier alpha value is -0.546. The number of aryl methyl sites for hydroxylation is 1. The fourth-order valence-electron chi connectivity index (χ4n) is 1.77. The van der Waals surface area contributed by atoms with E-state index in [1.165, 1.54) is 23.7 Å². The van der Waals surface area contributed by atoms with Crippen LogP contribution in [0.2, 0.25) is 31.4 Å². The lowest BCUT2D eigenvalue weighted by molar-refractivity contribution is 0.131. The Morgan fingerprint density at radius 3 is 2.11 bits per heavy atom. The summed E-state index contributed by atoms with van der Waals surface area (Å²) < 4.78 is 5.83. The van der Waals surface area contributed by atoms with Crippen molar-refractivity contribution < 1.29 is 4.74 Å². The summed E-state index contributed by atoms with van der Waals surface area (Å²) in [6.07, 6.45) is 1.21. The summed E-state index contributed by atoms with van der Waals surface area (Å²) in [5, 5.41) is 0. The van der Waals surface area contributed by atoms with E-state index in [4.69, 9.17) is 4.74 Å². The van der Waals surface area contributed by atoms with Gasteiger partial charge in [-0.05, 0) is 44.9 Å². The van der Waals surface area contributed by atoms with E-state index in [2.05, 4.69) is 64.7 Å². The zero-order valence-electron chi connectivity index (χ0n) is 13.3. The molecule has 0 N–H and O–H groups in total. The van der Waals surface area contributed by atoms with Gasteiger partial charge in [0.1, 0.15) is 11.4 Å². The molecule has 0 spiro atoms. The van der Waals surface area contributed by atoms with E-state index in [9.17, 15) is 0 Å². The highest BCUT2D eigenvalue weighted by atomic mass is 28.4. The predicted octanol–water partition coefficient (Wildman–Crippen LogP) is 4.82. The summed E-state index contributed by atoms with van der Waals surface area (Å²) in [6.45, 7) is 13.6. The zero-order chi connectivity index (χ0) is 14.5. The molecule has 0 saturated carbocycles. The molecule has 0 aliphatic carbocycles. The number of rotatable bonds is 6. The first-order valence-electron chi connectivity index (χ1n) is 7.14. The molecule has 0 amide bonds. The maximum atomic E-state index is 5.83. The van der Waals surface area contributed by atoms with E-state index >= 15 is 0 Å². The Kier molecular flexibility index (Phi) is 5.87. The zero-order valence-corrected chi connectivity index (χ0v) is 15.3. The minimum atomic E-state index is -0.839. The van der Waals surface area contributed by atoms with Crippen molar-refractivity contribution in [2.45, 2.75) is 64.1 Å². The second-order valence-electron chi connectivity index (χ2n) is 7.35. The Labute approximate surface area is 122 Å². The molecule has 106 valence electrons. The molecule has 0 aliphatic heterocycles. The first-order valence-corrected chi connectivity index (χ1v) is 12.3. The van der Waals surface area contributed by atoms with E-state index in [1.807, 2.05) is 0 Å². The first-order chi connectivity index (χ1) is 8.66. The van der Waals surface area contributed by atoms with Crippen molar-refractivity contribution >= 4 is 17.6 Å². The van der Waals surface area contributed by atoms with Gasteiger partial charge >= 0.3 is 0 Å². The molecule has 2 radical (unpaired) electrons. The van der Waals surface area contributed by atoms with E-state index in [1.54, 1.807) is 0 Å². The standard InChI is InChI=1S/C16H28OSi2/c1-16(2,3)17-15-9-7-14(8-10-15)11-12-18-13-19(4,5)6/h7-10H,11-13H2,1-6H3. The number of hydrogen-bond donors (Lipinski definition) is 0. The Bertz CT molecular complexity index is 371. The summed E-state index contributed by atoms with van der Waals surface area (Å²) >= 11 is 0. The van der Waals surface area contributed by atoms with Crippen LogP contribution in [0, 0.1) is 0 Å². The van der Waals surface area contributed by atoms with E-state index in [0.717, 1.165) is 15.3 Å². The molecule has 1 nitrogen and oxygen atoms in total. The van der Waals surface area contributed by atoms with Crippen LogP contribution in [0.3, 0.4) is 0 Å². The molecule has 1 rings (SSSR count). The van der Waals surface area contributed by atoms with Crippen molar-refractivity contribution in [1.82, 2.24) is 0 Å². The van der Waals surface area contributed by atoms with Crippen molar-refractivity contribution in [2.24, 2.45) is 0 Å². The average Bonchev–Trinajstić information content (AvgIpc) is 2.23. The van der Waals surface area contributed by atoms with Gasteiger partial charge < -0.3 is 4.74 Å². The maximum Gasteiger partial charge on any atom is 0.120 e. The third-order valence-electron chi connectivity index (χ3n) is 2.59. The second kappa shape index (κ2) is 6.75. The molecule has 1 aromatic rings. The molecule has 1 aromatic carbocycles. The van der Waals surface area contributed by atoms with Crippen molar-refractivity contribution in [3.05, 3.63) is 29.8 Å². The molecular weight excluding hydrogens is 264 g/mol. The number of hydrogen-bond acceptors (Lipinski definition) is 1. The van der Waals surface area contributed by atoms with Crippen LogP contribution >= 0.6 is 0 Å². The van der Waals surface area contributed by atoms with Gasteiger partial charge in [0.15, 0.2) is 0 Å². The van der Waals surface area contributed by atoms with Gasteiger partial charge in [-0.2, -0.15) is 0 Å². The van der Waals surface area contributed by atoms with Crippen LogP contribution in [0.4, 0.5) is 0 Å². The smallest absolute Gasteiger partial charge is 0.120 e. The quantitative estimate of drug-likeness (QED) is 0.539. The van der Waals surface area contributed by atoms with Crippen molar-refractivity contribution in [1.29, 1.82) is 0 Å². The fraction of sp³-hybridized carbons (Fsp3) is 0.625. The highest BCUT2D eigenvalue weighted by Gasteiger charge is 2.13. The number of benzene rings is 1. The van der Waals surface area contributed by atoms with Crippen molar-refractivity contribution in [2.75, 3.05) is 0 Å². The first kappa shape index (κ1) is 16.5. The lowest BCUT2D eigenvalue weighted by atomic mass is 10.1. The van der Waals surface area contributed by atoms with Crippen LogP contribution in [-0.4, -0.2) is 23.2 Å². The molecule has 0 bridgehead atoms. The fourth-order valence-corrected chi connectivity index (χ4v) is 5.95. The molecule has 0 atom stereocenters. The van der Waals surface area contributed by atoms with E-state index in [-0.39, 0.29) is 5.60 Å². The van der Waals surface area contributed by atoms with Crippen LogP contribution in [-0.2, 0) is 6.42 Å². The van der Waals surface area contributed by atoms with Gasteiger partial charge in [-0.1, -0.05) is 43.5 Å². The van der Waals surface area contributed by atoms with Gasteiger partial charge in [-0.25, -0.2) is 0 Å². The van der Waals surface area contributed by atoms with E-state index in [0.29, 0.717) is 0 Å². The average molecular weight is 293 g/mol. The van der Waals surface area contributed by atoms with Gasteiger partial charge in [0.2, 0.25) is 0 Å². The predicted molar refractivity (Wildman–Crippen MR) is 89.2 cm³/mol. The summed E-state index contributed by atoms with van der Waals surface area (Å²) in [7, 11) is 0.289. The van der Waals surface area contributed by atoms with Gasteiger partial charge in [0.25, 0.3) is 0 Å². The molecular formula is C16H28OSi2. The third kappa shape index (κ3) is 8.27. The minimum absolute atomic E-state index is 0.111. The van der Waals surface area contributed by atoms with Crippen LogP contribution in [0.1, 0.15) is 26.3 Å². The highest BCUT2D eigenvalue weighted by Crippen LogP contribution is 2.19.